The van der Waals surface area contributed by atoms with Gasteiger partial charge in [-0.1, -0.05) is 34.1 Å². The van der Waals surface area contributed by atoms with Gasteiger partial charge in [0.25, 0.3) is 0 Å². The molecular weight excluding hydrogens is 309 g/mol. The van der Waals surface area contributed by atoms with E-state index in [4.69, 9.17) is 0 Å². The minimum absolute atomic E-state index is 0.205. The first-order valence-corrected chi connectivity index (χ1v) is 6.52. The minimum atomic E-state index is -0.425. The Morgan fingerprint density at radius 1 is 1.11 bits per heavy atom. The van der Waals surface area contributed by atoms with Crippen molar-refractivity contribution in [1.82, 2.24) is 4.98 Å². The van der Waals surface area contributed by atoms with Crippen molar-refractivity contribution in [3.63, 3.8) is 0 Å². The van der Waals surface area contributed by atoms with Crippen LogP contribution in [0.15, 0.2) is 53.1 Å². The number of aromatic amines is 1. The lowest BCUT2D eigenvalue weighted by molar-refractivity contribution is 0.103. The van der Waals surface area contributed by atoms with Gasteiger partial charge in [-0.15, -0.1) is 0 Å². The number of carbonyl (C=O) groups is 1. The average Bonchev–Trinajstić information content (AvgIpc) is 2.84. The Morgan fingerprint density at radius 2 is 1.89 bits per heavy atom. The number of ketones is 1. The lowest BCUT2D eigenvalue weighted by Crippen LogP contribution is -2.02. The molecule has 94 valence electrons. The number of H-pyrrole nitrogens is 1. The molecule has 0 fully saturated rings. The molecule has 0 unspecified atom stereocenters. The number of para-hydroxylation sites is 1. The molecule has 1 aromatic heterocycles. The van der Waals surface area contributed by atoms with Crippen LogP contribution >= 0.6 is 15.9 Å². The summed E-state index contributed by atoms with van der Waals surface area (Å²) in [6.07, 6.45) is 1.66. The smallest absolute Gasteiger partial charge is 0.196 e. The van der Waals surface area contributed by atoms with Crippen LogP contribution in [0, 0.1) is 5.82 Å². The molecule has 0 bridgehead atoms. The molecule has 0 atom stereocenters. The van der Waals surface area contributed by atoms with Gasteiger partial charge in [-0.05, 0) is 24.3 Å². The van der Waals surface area contributed by atoms with Crippen LogP contribution < -0.4 is 0 Å². The Hall–Kier alpha value is -1.94. The van der Waals surface area contributed by atoms with Crippen LogP contribution in [-0.4, -0.2) is 10.8 Å². The molecule has 0 radical (unpaired) electrons. The molecule has 2 aromatic carbocycles. The Balaban J connectivity index is 2.16. The van der Waals surface area contributed by atoms with Gasteiger partial charge < -0.3 is 4.98 Å². The molecule has 2 nitrogen and oxygen atoms in total. The topological polar surface area (TPSA) is 32.9 Å². The third kappa shape index (κ3) is 2.08. The van der Waals surface area contributed by atoms with Crippen molar-refractivity contribution in [3.05, 3.63) is 70.1 Å². The molecular formula is C15H9BrFNO. The van der Waals surface area contributed by atoms with Gasteiger partial charge in [0.1, 0.15) is 5.82 Å². The Kier molecular flexibility index (Phi) is 2.95. The number of halogens is 2. The van der Waals surface area contributed by atoms with Crippen LogP contribution in [0.2, 0.25) is 0 Å². The van der Waals surface area contributed by atoms with Crippen molar-refractivity contribution in [2.45, 2.75) is 0 Å². The van der Waals surface area contributed by atoms with E-state index in [0.717, 1.165) is 10.9 Å². The van der Waals surface area contributed by atoms with Crippen LogP contribution in [0.4, 0.5) is 4.39 Å². The molecule has 0 spiro atoms. The molecule has 0 saturated carbocycles. The van der Waals surface area contributed by atoms with Crippen LogP contribution in [0.3, 0.4) is 0 Å². The first-order valence-electron chi connectivity index (χ1n) is 5.72. The zero-order valence-electron chi connectivity index (χ0n) is 9.78. The van der Waals surface area contributed by atoms with Gasteiger partial charge >= 0.3 is 0 Å². The minimum Gasteiger partial charge on any atom is -0.360 e. The van der Waals surface area contributed by atoms with E-state index in [0.29, 0.717) is 15.6 Å². The highest BCUT2D eigenvalue weighted by atomic mass is 79.9. The largest absolute Gasteiger partial charge is 0.360 e. The van der Waals surface area contributed by atoms with Gasteiger partial charge in [0.2, 0.25) is 0 Å². The third-order valence-corrected chi connectivity index (χ3v) is 3.70. The van der Waals surface area contributed by atoms with E-state index >= 15 is 0 Å². The molecule has 0 amide bonds. The van der Waals surface area contributed by atoms with E-state index < -0.39 is 5.82 Å². The van der Waals surface area contributed by atoms with Gasteiger partial charge in [0, 0.05) is 32.7 Å². The normalized spacial score (nSPS) is 10.8. The number of benzene rings is 2. The fourth-order valence-electron chi connectivity index (χ4n) is 2.08. The molecule has 1 N–H and O–H groups in total. The van der Waals surface area contributed by atoms with E-state index in [2.05, 4.69) is 20.9 Å². The fourth-order valence-corrected chi connectivity index (χ4v) is 2.50. The zero-order chi connectivity index (χ0) is 13.4. The highest BCUT2D eigenvalue weighted by molar-refractivity contribution is 9.10. The number of rotatable bonds is 2. The number of hydrogen-bond donors (Lipinski definition) is 1. The maximum atomic E-state index is 13.3. The Morgan fingerprint density at radius 3 is 2.74 bits per heavy atom. The second-order valence-electron chi connectivity index (χ2n) is 4.20. The van der Waals surface area contributed by atoms with E-state index in [9.17, 15) is 9.18 Å². The van der Waals surface area contributed by atoms with Crippen LogP contribution in [-0.2, 0) is 0 Å². The van der Waals surface area contributed by atoms with Crippen LogP contribution in [0.25, 0.3) is 10.9 Å². The highest BCUT2D eigenvalue weighted by Crippen LogP contribution is 2.25. The molecule has 0 aliphatic rings. The summed E-state index contributed by atoms with van der Waals surface area (Å²) < 4.78 is 13.9. The van der Waals surface area contributed by atoms with Crippen molar-refractivity contribution in [2.24, 2.45) is 0 Å². The molecule has 4 heteroatoms. The second kappa shape index (κ2) is 4.63. The maximum Gasteiger partial charge on any atom is 0.196 e. The molecule has 0 saturated heterocycles. The lowest BCUT2D eigenvalue weighted by atomic mass is 10.0. The summed E-state index contributed by atoms with van der Waals surface area (Å²) in [7, 11) is 0. The molecule has 0 aliphatic carbocycles. The van der Waals surface area contributed by atoms with Gasteiger partial charge in [-0.25, -0.2) is 4.39 Å². The maximum absolute atomic E-state index is 13.3. The van der Waals surface area contributed by atoms with E-state index in [-0.39, 0.29) is 5.78 Å². The lowest BCUT2D eigenvalue weighted by Gasteiger charge is -2.03. The monoisotopic (exact) mass is 317 g/mol. The predicted molar refractivity (Wildman–Crippen MR) is 75.8 cm³/mol. The van der Waals surface area contributed by atoms with Crippen molar-refractivity contribution < 1.29 is 9.18 Å². The van der Waals surface area contributed by atoms with Crippen LogP contribution in [0.5, 0.6) is 0 Å². The Labute approximate surface area is 117 Å². The average molecular weight is 318 g/mol. The predicted octanol–water partition coefficient (Wildman–Crippen LogP) is 4.30. The van der Waals surface area contributed by atoms with Crippen molar-refractivity contribution in [3.8, 4) is 0 Å². The summed E-state index contributed by atoms with van der Waals surface area (Å²) in [5.41, 5.74) is 1.75. The van der Waals surface area contributed by atoms with Crippen molar-refractivity contribution in [1.29, 1.82) is 0 Å². The van der Waals surface area contributed by atoms with Gasteiger partial charge in [-0.2, -0.15) is 0 Å². The SMILES string of the molecule is O=C(c1cc(F)ccc1Br)c1c[nH]c2ccccc12. The van der Waals surface area contributed by atoms with E-state index in [1.165, 1.54) is 18.2 Å². The van der Waals surface area contributed by atoms with Gasteiger partial charge in [0.15, 0.2) is 5.78 Å². The van der Waals surface area contributed by atoms with Crippen molar-refractivity contribution >= 4 is 32.6 Å². The number of fused-ring (bicyclic) bond motifs is 1. The quantitative estimate of drug-likeness (QED) is 0.702. The first-order chi connectivity index (χ1) is 9.16. The Bertz CT molecular complexity index is 779. The van der Waals surface area contributed by atoms with Gasteiger partial charge in [0.05, 0.1) is 0 Å². The van der Waals surface area contributed by atoms with Crippen LogP contribution in [0.1, 0.15) is 15.9 Å². The highest BCUT2D eigenvalue weighted by Gasteiger charge is 2.17. The molecule has 3 rings (SSSR count). The summed E-state index contributed by atoms with van der Waals surface area (Å²) in [6, 6.07) is 11.6. The number of nitrogens with one attached hydrogen (secondary N) is 1. The molecule has 19 heavy (non-hydrogen) atoms. The fraction of sp³-hybridized carbons (Fsp3) is 0. The number of carbonyl (C=O) groups excluding carboxylic acids is 1. The summed E-state index contributed by atoms with van der Waals surface area (Å²) in [4.78, 5) is 15.5. The summed E-state index contributed by atoms with van der Waals surface area (Å²) >= 11 is 3.28. The third-order valence-electron chi connectivity index (χ3n) is 3.01. The summed E-state index contributed by atoms with van der Waals surface area (Å²) in [6.45, 7) is 0. The number of aromatic nitrogens is 1. The standard InChI is InChI=1S/C15H9BrFNO/c16-13-6-5-9(17)7-11(13)15(19)12-8-18-14-4-2-1-3-10(12)14/h1-8,18H. The second-order valence-corrected chi connectivity index (χ2v) is 5.06. The summed E-state index contributed by atoms with van der Waals surface area (Å²) in [5.74, 6) is -0.629. The van der Waals surface area contributed by atoms with Crippen molar-refractivity contribution in [2.75, 3.05) is 0 Å². The van der Waals surface area contributed by atoms with E-state index in [1.807, 2.05) is 24.3 Å². The molecule has 0 aliphatic heterocycles. The number of hydrogen-bond acceptors (Lipinski definition) is 1. The zero-order valence-corrected chi connectivity index (χ0v) is 11.4. The van der Waals surface area contributed by atoms with E-state index in [1.54, 1.807) is 6.20 Å². The van der Waals surface area contributed by atoms with Gasteiger partial charge in [-0.3, -0.25) is 4.79 Å². The first kappa shape index (κ1) is 12.1. The molecule has 1 heterocycles. The molecule has 3 aromatic rings. The summed E-state index contributed by atoms with van der Waals surface area (Å²) in [5, 5.41) is 0.837.